The van der Waals surface area contributed by atoms with Gasteiger partial charge < -0.3 is 39.2 Å². The number of fused-ring (bicyclic) bond motifs is 5. The minimum absolute atomic E-state index is 0.0212. The van der Waals surface area contributed by atoms with Crippen molar-refractivity contribution in [1.82, 2.24) is 15.5 Å². The third-order valence-electron chi connectivity index (χ3n) is 9.98. The summed E-state index contributed by atoms with van der Waals surface area (Å²) < 4.78 is 27.4. The molecule has 1 aliphatic heterocycles. The Labute approximate surface area is 346 Å². The van der Waals surface area contributed by atoms with E-state index in [-0.39, 0.29) is 38.8 Å². The number of amides is 3. The summed E-state index contributed by atoms with van der Waals surface area (Å²) in [7, 11) is 5.77. The average Bonchev–Trinajstić information content (AvgIpc) is 3.20. The molecule has 14 heteroatoms. The molecule has 0 unspecified atom stereocenters. The van der Waals surface area contributed by atoms with Crippen LogP contribution in [0.25, 0.3) is 11.1 Å². The standard InChI is InChI=1S/C45H57N3O11/c1-28-22-36(49)40(31-18-20-38(56-7)34(25-31)33-23-30(17-19-37(33)55-6)24-35(43(53)57-8)47-41(28)51)48(5)42(52)32(16-12-13-21-46-44(54)59-45(2,3)4)26-39(50)58-27-29-14-10-9-11-15-29/h9-11,14-15,17-20,23,25,28,32,35,40H,12-13,16,21-22,24,26-27H2,1-8H3,(H,46,54)(H,47,51)/t28-,32-,35+,40+/m1/s1. The summed E-state index contributed by atoms with van der Waals surface area (Å²) >= 11 is 0. The van der Waals surface area contributed by atoms with Crippen molar-refractivity contribution in [3.05, 3.63) is 83.4 Å². The van der Waals surface area contributed by atoms with Crippen LogP contribution >= 0.6 is 0 Å². The van der Waals surface area contributed by atoms with Gasteiger partial charge in [-0.05, 0) is 74.6 Å². The molecule has 4 rings (SSSR count). The summed E-state index contributed by atoms with van der Waals surface area (Å²) in [5.41, 5.74) is 2.40. The highest BCUT2D eigenvalue weighted by Crippen LogP contribution is 2.40. The zero-order valence-electron chi connectivity index (χ0n) is 35.3. The van der Waals surface area contributed by atoms with Crippen LogP contribution in [-0.4, -0.2) is 87.1 Å². The largest absolute Gasteiger partial charge is 0.496 e. The van der Waals surface area contributed by atoms with Crippen molar-refractivity contribution in [3.8, 4) is 22.6 Å². The highest BCUT2D eigenvalue weighted by atomic mass is 16.6. The molecule has 14 nitrogen and oxygen atoms in total. The number of ketones is 1. The van der Waals surface area contributed by atoms with E-state index in [1.54, 1.807) is 58.0 Å². The van der Waals surface area contributed by atoms with Gasteiger partial charge in [-0.1, -0.05) is 55.8 Å². The summed E-state index contributed by atoms with van der Waals surface area (Å²) in [5.74, 6) is -3.57. The second-order valence-corrected chi connectivity index (χ2v) is 15.7. The van der Waals surface area contributed by atoms with Gasteiger partial charge in [0, 0.05) is 49.4 Å². The number of nitrogens with one attached hydrogen (secondary N) is 2. The molecule has 1 aliphatic rings. The lowest BCUT2D eigenvalue weighted by Gasteiger charge is -2.32. The number of esters is 2. The number of rotatable bonds is 14. The van der Waals surface area contributed by atoms with Gasteiger partial charge in [-0.25, -0.2) is 9.59 Å². The summed E-state index contributed by atoms with van der Waals surface area (Å²) in [6.07, 6.45) is 0.173. The topological polar surface area (TPSA) is 176 Å². The van der Waals surface area contributed by atoms with Crippen LogP contribution in [0.4, 0.5) is 4.79 Å². The first-order chi connectivity index (χ1) is 28.0. The Bertz CT molecular complexity index is 1960. The van der Waals surface area contributed by atoms with Crippen molar-refractivity contribution < 1.29 is 52.5 Å². The zero-order valence-corrected chi connectivity index (χ0v) is 35.3. The molecule has 59 heavy (non-hydrogen) atoms. The fourth-order valence-corrected chi connectivity index (χ4v) is 6.96. The van der Waals surface area contributed by atoms with E-state index in [0.717, 1.165) is 5.56 Å². The smallest absolute Gasteiger partial charge is 0.407 e. The normalized spacial score (nSPS) is 17.3. The number of nitrogens with zero attached hydrogens (tertiary/aromatic N) is 1. The maximum Gasteiger partial charge on any atom is 0.407 e. The number of hydrogen-bond acceptors (Lipinski definition) is 11. The molecule has 3 amide bonds. The van der Waals surface area contributed by atoms with Crippen molar-refractivity contribution in [2.75, 3.05) is 34.9 Å². The number of carbonyl (C=O) groups excluding carboxylic acids is 6. The molecule has 0 fully saturated rings. The molecule has 0 spiro atoms. The second kappa shape index (κ2) is 21.2. The van der Waals surface area contributed by atoms with Gasteiger partial charge >= 0.3 is 18.0 Å². The molecule has 0 saturated heterocycles. The maximum atomic E-state index is 14.7. The number of Topliss-reactive ketones (excluding diaryl/α,β-unsaturated/α-hetero) is 1. The van der Waals surface area contributed by atoms with E-state index < -0.39 is 65.1 Å². The van der Waals surface area contributed by atoms with E-state index in [1.165, 1.54) is 33.3 Å². The number of methoxy groups -OCH3 is 3. The maximum absolute atomic E-state index is 14.7. The van der Waals surface area contributed by atoms with Crippen LogP contribution in [0, 0.1) is 11.8 Å². The zero-order chi connectivity index (χ0) is 43.3. The highest BCUT2D eigenvalue weighted by molar-refractivity contribution is 5.95. The molecule has 3 aromatic carbocycles. The van der Waals surface area contributed by atoms with E-state index in [0.29, 0.717) is 46.6 Å². The molecule has 4 atom stereocenters. The Morgan fingerprint density at radius 1 is 0.881 bits per heavy atom. The van der Waals surface area contributed by atoms with Gasteiger partial charge in [-0.2, -0.15) is 0 Å². The molecule has 318 valence electrons. The Kier molecular flexibility index (Phi) is 16.4. The number of carbonyl (C=O) groups is 6. The van der Waals surface area contributed by atoms with E-state index in [2.05, 4.69) is 10.6 Å². The summed E-state index contributed by atoms with van der Waals surface area (Å²) in [6.45, 7) is 7.18. The fraction of sp³-hybridized carbons (Fsp3) is 0.467. The van der Waals surface area contributed by atoms with Crippen LogP contribution in [0.2, 0.25) is 0 Å². The van der Waals surface area contributed by atoms with Gasteiger partial charge in [0.2, 0.25) is 11.8 Å². The molecule has 3 aromatic rings. The highest BCUT2D eigenvalue weighted by Gasteiger charge is 2.36. The third-order valence-corrected chi connectivity index (χ3v) is 9.98. The Morgan fingerprint density at radius 3 is 2.19 bits per heavy atom. The van der Waals surface area contributed by atoms with Crippen LogP contribution < -0.4 is 20.1 Å². The predicted octanol–water partition coefficient (Wildman–Crippen LogP) is 6.12. The molecular formula is C45H57N3O11. The molecule has 1 heterocycles. The van der Waals surface area contributed by atoms with Gasteiger partial charge in [0.05, 0.1) is 27.8 Å². The lowest BCUT2D eigenvalue weighted by Crippen LogP contribution is -2.46. The van der Waals surface area contributed by atoms with Crippen molar-refractivity contribution in [2.45, 2.75) is 90.5 Å². The number of unbranched alkanes of at least 4 members (excludes halogenated alkanes) is 1. The Hall–Kier alpha value is -5.92. The molecule has 4 bridgehead atoms. The van der Waals surface area contributed by atoms with Crippen molar-refractivity contribution in [3.63, 3.8) is 0 Å². The molecule has 0 aromatic heterocycles. The van der Waals surface area contributed by atoms with Crippen LogP contribution in [0.15, 0.2) is 66.7 Å². The second-order valence-electron chi connectivity index (χ2n) is 15.7. The first-order valence-electron chi connectivity index (χ1n) is 19.7. The van der Waals surface area contributed by atoms with Crippen LogP contribution in [0.1, 0.15) is 82.5 Å². The minimum atomic E-state index is -1.20. The lowest BCUT2D eigenvalue weighted by atomic mass is 9.88. The summed E-state index contributed by atoms with van der Waals surface area (Å²) in [4.78, 5) is 82.5. The van der Waals surface area contributed by atoms with Gasteiger partial charge in [0.25, 0.3) is 0 Å². The molecule has 2 N–H and O–H groups in total. The lowest BCUT2D eigenvalue weighted by molar-refractivity contribution is -0.151. The molecule has 0 radical (unpaired) electrons. The van der Waals surface area contributed by atoms with Gasteiger partial charge in [-0.15, -0.1) is 0 Å². The van der Waals surface area contributed by atoms with Crippen LogP contribution in [-0.2, 0) is 51.2 Å². The number of benzene rings is 3. The SMILES string of the molecule is COC(=O)[C@@H]1Cc2ccc(OC)c(c2)-c2cc(ccc2OC)[C@H](N(C)C(=O)[C@H](CCCCNC(=O)OC(C)(C)C)CC(=O)OCc2ccccc2)C(=O)C[C@@H](C)C(=O)N1. The fourth-order valence-electron chi connectivity index (χ4n) is 6.96. The number of ether oxygens (including phenoxy) is 5. The van der Waals surface area contributed by atoms with Gasteiger partial charge in [0.15, 0.2) is 5.78 Å². The minimum Gasteiger partial charge on any atom is -0.496 e. The van der Waals surface area contributed by atoms with Crippen molar-refractivity contribution in [1.29, 1.82) is 0 Å². The number of alkyl carbamates (subject to hydrolysis) is 1. The number of likely N-dealkylation sites (N-methyl/N-ethyl adjacent to an activating group) is 1. The molecule has 0 aliphatic carbocycles. The molecular weight excluding hydrogens is 759 g/mol. The van der Waals surface area contributed by atoms with Crippen LogP contribution in [0.5, 0.6) is 11.5 Å². The van der Waals surface area contributed by atoms with E-state index >= 15 is 0 Å². The first kappa shape index (κ1) is 45.8. The van der Waals surface area contributed by atoms with Crippen molar-refractivity contribution >= 4 is 35.6 Å². The Morgan fingerprint density at radius 2 is 1.54 bits per heavy atom. The predicted molar refractivity (Wildman–Crippen MR) is 219 cm³/mol. The monoisotopic (exact) mass is 815 g/mol. The quantitative estimate of drug-likeness (QED) is 0.109. The van der Waals surface area contributed by atoms with E-state index in [1.807, 2.05) is 36.4 Å². The number of hydrogen-bond donors (Lipinski definition) is 2. The Balaban J connectivity index is 1.72. The van der Waals surface area contributed by atoms with Gasteiger partial charge in [-0.3, -0.25) is 19.2 Å². The first-order valence-corrected chi connectivity index (χ1v) is 19.7. The molecule has 0 saturated carbocycles. The van der Waals surface area contributed by atoms with Crippen LogP contribution in [0.3, 0.4) is 0 Å². The van der Waals surface area contributed by atoms with E-state index in [9.17, 15) is 28.8 Å². The van der Waals surface area contributed by atoms with Crippen molar-refractivity contribution in [2.24, 2.45) is 11.8 Å². The summed E-state index contributed by atoms with van der Waals surface area (Å²) in [6, 6.07) is 17.4. The third kappa shape index (κ3) is 13.0. The summed E-state index contributed by atoms with van der Waals surface area (Å²) in [5, 5.41) is 5.47. The van der Waals surface area contributed by atoms with Gasteiger partial charge in [0.1, 0.15) is 35.8 Å². The average molecular weight is 816 g/mol. The van der Waals surface area contributed by atoms with E-state index in [4.69, 9.17) is 23.7 Å².